The first-order chi connectivity index (χ1) is 4.84. The Morgan fingerprint density at radius 3 is 3.20 bits per heavy atom. The average Bonchev–Trinajstić information content (AvgIpc) is 2.38. The van der Waals surface area contributed by atoms with Crippen LogP contribution < -0.4 is 0 Å². The molecular weight excluding hydrogens is 132 g/mol. The van der Waals surface area contributed by atoms with E-state index in [1.807, 2.05) is 6.07 Å². The summed E-state index contributed by atoms with van der Waals surface area (Å²) < 4.78 is 4.74. The monoisotopic (exact) mass is 138 g/mol. The quantitative estimate of drug-likeness (QED) is 0.650. The zero-order chi connectivity index (χ0) is 7.40. The molecule has 10 heavy (non-hydrogen) atoms. The van der Waals surface area contributed by atoms with Crippen molar-refractivity contribution in [3.63, 3.8) is 0 Å². The summed E-state index contributed by atoms with van der Waals surface area (Å²) in [4.78, 5) is 3.59. The topological polar surface area (TPSA) is 70.0 Å². The Morgan fingerprint density at radius 2 is 2.70 bits per heavy atom. The van der Waals surface area contributed by atoms with Crippen LogP contribution >= 0.6 is 0 Å². The lowest BCUT2D eigenvalue weighted by atomic mass is 10.2. The minimum Gasteiger partial charge on any atom is -0.446 e. The van der Waals surface area contributed by atoms with Gasteiger partial charge in [0.05, 0.1) is 18.7 Å². The summed E-state index contributed by atoms with van der Waals surface area (Å²) in [6, 6.07) is 1.82. The third-order valence-corrected chi connectivity index (χ3v) is 1.06. The number of aliphatic hydroxyl groups excluding tert-OH is 1. The molecule has 1 N–H and O–H groups in total. The molecule has 1 aromatic rings. The third-order valence-electron chi connectivity index (χ3n) is 1.06. The van der Waals surface area contributed by atoms with Gasteiger partial charge in [0.2, 0.25) is 0 Å². The van der Waals surface area contributed by atoms with Crippen molar-refractivity contribution in [3.8, 4) is 6.07 Å². The smallest absolute Gasteiger partial charge is 0.180 e. The minimum absolute atomic E-state index is 0.0369. The van der Waals surface area contributed by atoms with Crippen molar-refractivity contribution >= 4 is 0 Å². The average molecular weight is 138 g/mol. The van der Waals surface area contributed by atoms with E-state index in [4.69, 9.17) is 14.8 Å². The fourth-order valence-electron chi connectivity index (χ4n) is 0.577. The molecule has 1 rings (SSSR count). The predicted molar refractivity (Wildman–Crippen MR) is 31.7 cm³/mol. The molecule has 0 fully saturated rings. The highest BCUT2D eigenvalue weighted by Crippen LogP contribution is 2.13. The Balaban J connectivity index is 2.61. The highest BCUT2D eigenvalue weighted by molar-refractivity contribution is 4.96. The third kappa shape index (κ3) is 1.33. The van der Waals surface area contributed by atoms with Gasteiger partial charge in [0.1, 0.15) is 6.10 Å². The number of rotatable bonds is 2. The van der Waals surface area contributed by atoms with E-state index in [-0.39, 0.29) is 6.42 Å². The lowest BCUT2D eigenvalue weighted by Crippen LogP contribution is -1.92. The zero-order valence-electron chi connectivity index (χ0n) is 5.19. The van der Waals surface area contributed by atoms with E-state index in [2.05, 4.69) is 4.98 Å². The molecule has 4 heteroatoms. The van der Waals surface area contributed by atoms with Crippen molar-refractivity contribution in [2.24, 2.45) is 0 Å². The van der Waals surface area contributed by atoms with Gasteiger partial charge in [-0.2, -0.15) is 5.26 Å². The summed E-state index contributed by atoms with van der Waals surface area (Å²) in [5, 5.41) is 17.2. The molecule has 0 spiro atoms. The van der Waals surface area contributed by atoms with Crippen LogP contribution in [0.2, 0.25) is 0 Å². The van der Waals surface area contributed by atoms with Crippen LogP contribution in [0.25, 0.3) is 0 Å². The second-order valence-electron chi connectivity index (χ2n) is 1.78. The molecule has 1 heterocycles. The molecule has 0 saturated heterocycles. The summed E-state index contributed by atoms with van der Waals surface area (Å²) in [5.41, 5.74) is 0. The Bertz CT molecular complexity index is 224. The Hall–Kier alpha value is -1.34. The highest BCUT2D eigenvalue weighted by atomic mass is 16.4. The van der Waals surface area contributed by atoms with Crippen LogP contribution in [0.5, 0.6) is 0 Å². The van der Waals surface area contributed by atoms with E-state index >= 15 is 0 Å². The van der Waals surface area contributed by atoms with E-state index in [0.29, 0.717) is 5.76 Å². The van der Waals surface area contributed by atoms with Crippen molar-refractivity contribution in [1.29, 1.82) is 5.26 Å². The first kappa shape index (κ1) is 6.78. The van der Waals surface area contributed by atoms with Crippen molar-refractivity contribution < 1.29 is 9.52 Å². The van der Waals surface area contributed by atoms with Gasteiger partial charge in [0.15, 0.2) is 12.2 Å². The molecule has 52 valence electrons. The minimum atomic E-state index is -0.840. The van der Waals surface area contributed by atoms with E-state index in [1.54, 1.807) is 0 Å². The van der Waals surface area contributed by atoms with Crippen LogP contribution in [0.3, 0.4) is 0 Å². The first-order valence-corrected chi connectivity index (χ1v) is 2.78. The van der Waals surface area contributed by atoms with Crippen molar-refractivity contribution in [1.82, 2.24) is 4.98 Å². The summed E-state index contributed by atoms with van der Waals surface area (Å²) >= 11 is 0. The largest absolute Gasteiger partial charge is 0.446 e. The lowest BCUT2D eigenvalue weighted by molar-refractivity contribution is 0.155. The van der Waals surface area contributed by atoms with Crippen molar-refractivity contribution in [3.05, 3.63) is 18.4 Å². The maximum atomic E-state index is 9.05. The van der Waals surface area contributed by atoms with E-state index in [0.717, 1.165) is 0 Å². The molecule has 0 saturated carbocycles. The zero-order valence-corrected chi connectivity index (χ0v) is 5.19. The second kappa shape index (κ2) is 2.99. The van der Waals surface area contributed by atoms with Gasteiger partial charge in [0.25, 0.3) is 0 Å². The van der Waals surface area contributed by atoms with Crippen molar-refractivity contribution in [2.75, 3.05) is 0 Å². The standard InChI is InChI=1S/C6H6N2O2/c7-2-1-5(9)6-3-8-4-10-6/h3-5,9H,1H2. The molecule has 0 aliphatic rings. The number of nitriles is 1. The summed E-state index contributed by atoms with van der Waals surface area (Å²) in [7, 11) is 0. The van der Waals surface area contributed by atoms with Gasteiger partial charge in [-0.1, -0.05) is 0 Å². The lowest BCUT2D eigenvalue weighted by Gasteiger charge is -1.97. The molecule has 1 aromatic heterocycles. The molecule has 0 bridgehead atoms. The van der Waals surface area contributed by atoms with Crippen molar-refractivity contribution in [2.45, 2.75) is 12.5 Å². The van der Waals surface area contributed by atoms with Gasteiger partial charge < -0.3 is 9.52 Å². The van der Waals surface area contributed by atoms with E-state index < -0.39 is 6.10 Å². The number of hydrogen-bond acceptors (Lipinski definition) is 4. The number of oxazole rings is 1. The molecule has 4 nitrogen and oxygen atoms in total. The fraction of sp³-hybridized carbons (Fsp3) is 0.333. The predicted octanol–water partition coefficient (Wildman–Crippen LogP) is 0.622. The SMILES string of the molecule is N#CCC(O)c1cnco1. The normalized spacial score (nSPS) is 12.4. The first-order valence-electron chi connectivity index (χ1n) is 2.78. The molecule has 1 atom stereocenters. The maximum absolute atomic E-state index is 9.05. The van der Waals surface area contributed by atoms with Crippen LogP contribution in [-0.4, -0.2) is 10.1 Å². The Kier molecular flexibility index (Phi) is 2.03. The van der Waals surface area contributed by atoms with Gasteiger partial charge in [0, 0.05) is 0 Å². The summed E-state index contributed by atoms with van der Waals surface area (Å²) in [6.07, 6.45) is 1.81. The van der Waals surface area contributed by atoms with E-state index in [1.165, 1.54) is 12.6 Å². The Labute approximate surface area is 57.7 Å². The molecule has 1 unspecified atom stereocenters. The van der Waals surface area contributed by atoms with Gasteiger partial charge >= 0.3 is 0 Å². The van der Waals surface area contributed by atoms with Gasteiger partial charge in [-0.05, 0) is 0 Å². The molecule has 0 aliphatic carbocycles. The fourth-order valence-corrected chi connectivity index (χ4v) is 0.577. The van der Waals surface area contributed by atoms with Crippen LogP contribution in [0.4, 0.5) is 0 Å². The van der Waals surface area contributed by atoms with Crippen LogP contribution in [-0.2, 0) is 0 Å². The van der Waals surface area contributed by atoms with Crippen LogP contribution in [0.1, 0.15) is 18.3 Å². The number of aromatic nitrogens is 1. The maximum Gasteiger partial charge on any atom is 0.180 e. The molecule has 0 radical (unpaired) electrons. The summed E-state index contributed by atoms with van der Waals surface area (Å²) in [5.74, 6) is 0.335. The Morgan fingerprint density at radius 1 is 1.90 bits per heavy atom. The molecule has 0 amide bonds. The number of hydrogen-bond donors (Lipinski definition) is 1. The van der Waals surface area contributed by atoms with Gasteiger partial charge in [-0.25, -0.2) is 4.98 Å². The van der Waals surface area contributed by atoms with Crippen LogP contribution in [0, 0.1) is 11.3 Å². The van der Waals surface area contributed by atoms with Crippen LogP contribution in [0.15, 0.2) is 17.0 Å². The second-order valence-corrected chi connectivity index (χ2v) is 1.78. The summed E-state index contributed by atoms with van der Waals surface area (Å²) in [6.45, 7) is 0. The van der Waals surface area contributed by atoms with Gasteiger partial charge in [-0.15, -0.1) is 0 Å². The molecule has 0 aliphatic heterocycles. The van der Waals surface area contributed by atoms with Gasteiger partial charge in [-0.3, -0.25) is 0 Å². The van der Waals surface area contributed by atoms with E-state index in [9.17, 15) is 0 Å². The number of aliphatic hydroxyl groups is 1. The molecule has 0 aromatic carbocycles. The highest BCUT2D eigenvalue weighted by Gasteiger charge is 2.08. The molecular formula is C6H6N2O2. The number of nitrogens with zero attached hydrogens (tertiary/aromatic N) is 2.